The topological polar surface area (TPSA) is 9.72 Å². The summed E-state index contributed by atoms with van der Waals surface area (Å²) in [6, 6.07) is 0. The molecule has 0 aromatic carbocycles. The number of hydrogen-bond acceptors (Lipinski definition) is 3. The fourth-order valence-corrected chi connectivity index (χ4v) is 3.66. The first kappa shape index (κ1) is 20.7. The van der Waals surface area contributed by atoms with Crippen LogP contribution in [-0.2, 0) is 0 Å². The van der Waals surface area contributed by atoms with E-state index in [1.807, 2.05) is 0 Å². The van der Waals surface area contributed by atoms with Crippen molar-refractivity contribution in [1.29, 1.82) is 0 Å². The Morgan fingerprint density at radius 1 is 0.840 bits per heavy atom. The van der Waals surface area contributed by atoms with Gasteiger partial charge in [-0.05, 0) is 66.8 Å². The van der Waals surface area contributed by atoms with E-state index in [4.69, 9.17) is 0 Å². The van der Waals surface area contributed by atoms with E-state index in [0.29, 0.717) is 5.54 Å². The molecule has 0 saturated carbocycles. The highest BCUT2D eigenvalue weighted by atomic mass is 15.3. The molecule has 2 heterocycles. The summed E-state index contributed by atoms with van der Waals surface area (Å²) in [5, 5.41) is 0. The van der Waals surface area contributed by atoms with E-state index in [9.17, 15) is 0 Å². The van der Waals surface area contributed by atoms with Gasteiger partial charge in [-0.15, -0.1) is 0 Å². The van der Waals surface area contributed by atoms with Gasteiger partial charge in [0.2, 0.25) is 0 Å². The van der Waals surface area contributed by atoms with Crippen molar-refractivity contribution in [1.82, 2.24) is 14.7 Å². The molecule has 3 nitrogen and oxygen atoms in total. The first-order chi connectivity index (χ1) is 11.6. The zero-order valence-corrected chi connectivity index (χ0v) is 17.7. The van der Waals surface area contributed by atoms with Crippen molar-refractivity contribution in [2.45, 2.75) is 66.3 Å². The molecule has 0 unspecified atom stereocenters. The van der Waals surface area contributed by atoms with E-state index in [-0.39, 0.29) is 5.41 Å². The summed E-state index contributed by atoms with van der Waals surface area (Å²) in [5.74, 6) is 7.66. The lowest BCUT2D eigenvalue weighted by molar-refractivity contribution is 0.00921. The Bertz CT molecular complexity index is 446. The first-order valence-corrected chi connectivity index (χ1v) is 10.3. The molecule has 25 heavy (non-hydrogen) atoms. The van der Waals surface area contributed by atoms with Gasteiger partial charge in [-0.25, -0.2) is 0 Å². The van der Waals surface area contributed by atoms with Gasteiger partial charge in [-0.3, -0.25) is 9.80 Å². The van der Waals surface area contributed by atoms with Gasteiger partial charge in [-0.1, -0.05) is 18.3 Å². The monoisotopic (exact) mass is 347 g/mol. The number of piperazine rings is 1. The molecule has 0 aromatic heterocycles. The van der Waals surface area contributed by atoms with Crippen LogP contribution in [0.25, 0.3) is 0 Å². The zero-order chi connectivity index (χ0) is 18.5. The summed E-state index contributed by atoms with van der Waals surface area (Å²) in [5.41, 5.74) is 0.500. The molecule has 2 rings (SSSR count). The van der Waals surface area contributed by atoms with E-state index < -0.39 is 0 Å². The highest BCUT2D eigenvalue weighted by Crippen LogP contribution is 2.28. The van der Waals surface area contributed by atoms with Crippen molar-refractivity contribution < 1.29 is 0 Å². The smallest absolute Gasteiger partial charge is 0.0602 e. The van der Waals surface area contributed by atoms with Crippen LogP contribution in [0.2, 0.25) is 0 Å². The Morgan fingerprint density at radius 3 is 2.00 bits per heavy atom. The van der Waals surface area contributed by atoms with E-state index in [2.05, 4.69) is 68.1 Å². The summed E-state index contributed by atoms with van der Waals surface area (Å²) in [6.07, 6.45) is 4.20. The molecule has 2 saturated heterocycles. The zero-order valence-electron chi connectivity index (χ0n) is 17.7. The van der Waals surface area contributed by atoms with Crippen LogP contribution in [0, 0.1) is 23.2 Å². The van der Waals surface area contributed by atoms with Crippen LogP contribution in [-0.4, -0.2) is 72.6 Å². The first-order valence-electron chi connectivity index (χ1n) is 10.3. The van der Waals surface area contributed by atoms with Crippen LogP contribution < -0.4 is 0 Å². The van der Waals surface area contributed by atoms with Gasteiger partial charge >= 0.3 is 0 Å². The number of hydrogen-bond donors (Lipinski definition) is 0. The Balaban J connectivity index is 1.50. The van der Waals surface area contributed by atoms with Gasteiger partial charge in [0.15, 0.2) is 0 Å². The molecule has 0 atom stereocenters. The number of unbranched alkanes of at least 4 members (excludes halogenated alkanes) is 1. The minimum Gasteiger partial charge on any atom is -0.301 e. The van der Waals surface area contributed by atoms with Crippen LogP contribution in [0.1, 0.15) is 60.8 Å². The molecule has 0 bridgehead atoms. The molecule has 0 N–H and O–H groups in total. The predicted molar refractivity (Wildman–Crippen MR) is 109 cm³/mol. The molecule has 0 amide bonds. The molecule has 0 aromatic rings. The van der Waals surface area contributed by atoms with E-state index >= 15 is 0 Å². The third kappa shape index (κ3) is 7.69. The van der Waals surface area contributed by atoms with Crippen molar-refractivity contribution in [3.63, 3.8) is 0 Å². The second-order valence-corrected chi connectivity index (χ2v) is 10.1. The molecule has 0 radical (unpaired) electrons. The highest BCUT2D eigenvalue weighted by Gasteiger charge is 2.33. The summed E-state index contributed by atoms with van der Waals surface area (Å²) >= 11 is 0. The summed E-state index contributed by atoms with van der Waals surface area (Å²) < 4.78 is 0. The van der Waals surface area contributed by atoms with Crippen molar-refractivity contribution in [3.05, 3.63) is 0 Å². The molecule has 0 spiro atoms. The van der Waals surface area contributed by atoms with Crippen molar-refractivity contribution >= 4 is 0 Å². The van der Waals surface area contributed by atoms with E-state index in [1.54, 1.807) is 0 Å². The second-order valence-electron chi connectivity index (χ2n) is 10.1. The predicted octanol–water partition coefficient (Wildman–Crippen LogP) is 3.55. The van der Waals surface area contributed by atoms with Crippen LogP contribution in [0.15, 0.2) is 0 Å². The lowest BCUT2D eigenvalue weighted by Crippen LogP contribution is -2.55. The summed E-state index contributed by atoms with van der Waals surface area (Å²) in [7, 11) is 0. The van der Waals surface area contributed by atoms with Gasteiger partial charge in [0.05, 0.1) is 6.54 Å². The van der Waals surface area contributed by atoms with Crippen LogP contribution in [0.4, 0.5) is 0 Å². The third-order valence-corrected chi connectivity index (χ3v) is 5.47. The van der Waals surface area contributed by atoms with Crippen LogP contribution >= 0.6 is 0 Å². The number of rotatable bonds is 6. The minimum atomic E-state index is 0.131. The maximum atomic E-state index is 3.35. The minimum absolute atomic E-state index is 0.131. The number of nitrogens with zero attached hydrogens (tertiary/aromatic N) is 3. The quantitative estimate of drug-likeness (QED) is 0.537. The molecule has 2 fully saturated rings. The third-order valence-electron chi connectivity index (χ3n) is 5.47. The normalized spacial score (nSPS) is 21.7. The van der Waals surface area contributed by atoms with Crippen LogP contribution in [0.5, 0.6) is 0 Å². The maximum Gasteiger partial charge on any atom is 0.0602 e. The standard InChI is InChI=1S/C22H41N3/c1-21(2,3)11-9-13-24-16-14-23(15-17-24)12-8-7-10-20-18-25(19-20)22(4,5)6/h20H,7-8,10,12-19H2,1-6H3. The van der Waals surface area contributed by atoms with Gasteiger partial charge in [0.25, 0.3) is 0 Å². The Labute approximate surface area is 157 Å². The second kappa shape index (κ2) is 8.89. The largest absolute Gasteiger partial charge is 0.301 e. The average molecular weight is 348 g/mol. The van der Waals surface area contributed by atoms with Gasteiger partial charge in [0, 0.05) is 50.2 Å². The summed E-state index contributed by atoms with van der Waals surface area (Å²) in [6.45, 7) is 23.2. The maximum absolute atomic E-state index is 3.35. The van der Waals surface area contributed by atoms with E-state index in [1.165, 1.54) is 65.1 Å². The van der Waals surface area contributed by atoms with E-state index in [0.717, 1.165) is 12.5 Å². The molecule has 144 valence electrons. The van der Waals surface area contributed by atoms with Crippen molar-refractivity contribution in [2.75, 3.05) is 52.4 Å². The SMILES string of the molecule is CC(C)(C)C#CCN1CCN(CCCCC2CN(C(C)(C)C)C2)CC1. The van der Waals surface area contributed by atoms with Crippen molar-refractivity contribution in [3.8, 4) is 11.8 Å². The Kier molecular flexibility index (Phi) is 7.38. The van der Waals surface area contributed by atoms with Crippen molar-refractivity contribution in [2.24, 2.45) is 11.3 Å². The van der Waals surface area contributed by atoms with Gasteiger partial charge in [0.1, 0.15) is 0 Å². The van der Waals surface area contributed by atoms with Crippen LogP contribution in [0.3, 0.4) is 0 Å². The fourth-order valence-electron chi connectivity index (χ4n) is 3.66. The van der Waals surface area contributed by atoms with Gasteiger partial charge in [-0.2, -0.15) is 0 Å². The molecule has 2 aliphatic rings. The molecular weight excluding hydrogens is 306 g/mol. The molecule has 3 heteroatoms. The Hall–Kier alpha value is -0.560. The highest BCUT2D eigenvalue weighted by molar-refractivity contribution is 5.08. The molecule has 2 aliphatic heterocycles. The summed E-state index contributed by atoms with van der Waals surface area (Å²) in [4.78, 5) is 7.76. The molecular formula is C22H41N3. The Morgan fingerprint density at radius 2 is 1.44 bits per heavy atom. The average Bonchev–Trinajstić information content (AvgIpc) is 2.44. The lowest BCUT2D eigenvalue weighted by atomic mass is 9.89. The lowest BCUT2D eigenvalue weighted by Gasteiger charge is -2.48. The van der Waals surface area contributed by atoms with Gasteiger partial charge < -0.3 is 4.90 Å². The number of likely N-dealkylation sites (tertiary alicyclic amines) is 1. The molecule has 0 aliphatic carbocycles. The fraction of sp³-hybridized carbons (Fsp3) is 0.909.